The number of nitrogens with zero attached hydrogens (tertiary/aromatic N) is 2. The number of benzene rings is 2. The maximum atomic E-state index is 12.7. The fraction of sp³-hybridized carbons (Fsp3) is 0.0588. The van der Waals surface area contributed by atoms with Crippen molar-refractivity contribution < 1.29 is 27.5 Å². The maximum Gasteiger partial charge on any atom is 0.416 e. The van der Waals surface area contributed by atoms with Crippen LogP contribution in [0, 0.1) is 0 Å². The Kier molecular flexibility index (Phi) is 3.11. The summed E-state index contributed by atoms with van der Waals surface area (Å²) >= 11 is 0. The van der Waals surface area contributed by atoms with Crippen molar-refractivity contribution in [2.45, 2.75) is 6.18 Å². The normalized spacial score (nSPS) is 12.1. The number of rotatable bonds is 2. The lowest BCUT2D eigenvalue weighted by molar-refractivity contribution is -0.137. The van der Waals surface area contributed by atoms with Crippen molar-refractivity contribution in [2.24, 2.45) is 0 Å². The monoisotopic (exact) mass is 346 g/mol. The number of aromatic nitrogens is 2. The van der Waals surface area contributed by atoms with Gasteiger partial charge in [-0.15, -0.1) is 0 Å². The van der Waals surface area contributed by atoms with Crippen molar-refractivity contribution in [3.05, 3.63) is 60.0 Å². The van der Waals surface area contributed by atoms with Crippen LogP contribution in [0.1, 0.15) is 15.9 Å². The molecule has 0 spiro atoms. The van der Waals surface area contributed by atoms with Gasteiger partial charge in [-0.05, 0) is 42.5 Å². The summed E-state index contributed by atoms with van der Waals surface area (Å²) in [6.07, 6.45) is -3.21. The lowest BCUT2D eigenvalue weighted by Gasteiger charge is -2.09. The highest BCUT2D eigenvalue weighted by Crippen LogP contribution is 2.34. The highest BCUT2D eigenvalue weighted by Gasteiger charge is 2.30. The van der Waals surface area contributed by atoms with Crippen LogP contribution in [-0.4, -0.2) is 20.6 Å². The minimum absolute atomic E-state index is 0.0790. The molecule has 0 unspecified atom stereocenters. The molecular formula is C17H9F3N2O3. The number of carbonyl (C=O) groups is 1. The van der Waals surface area contributed by atoms with Gasteiger partial charge in [0.25, 0.3) is 0 Å². The number of carboxylic acid groups (broad SMARTS) is 1. The van der Waals surface area contributed by atoms with Crippen LogP contribution < -0.4 is 0 Å². The molecule has 5 nitrogen and oxygen atoms in total. The Bertz CT molecular complexity index is 1110. The van der Waals surface area contributed by atoms with E-state index >= 15 is 0 Å². The standard InChI is InChI=1S/C17H9F3N2O3/c18-17(19,20)10-2-4-11(5-3-10)22-13-6-1-9(16(23)24)7-12(13)14-15(22)21-8-25-14/h1-8H,(H,23,24). The first kappa shape index (κ1) is 15.3. The number of alkyl halides is 3. The van der Waals surface area contributed by atoms with Gasteiger partial charge in [0, 0.05) is 11.1 Å². The van der Waals surface area contributed by atoms with E-state index in [9.17, 15) is 18.0 Å². The Labute approximate surface area is 137 Å². The van der Waals surface area contributed by atoms with E-state index in [-0.39, 0.29) is 5.56 Å². The molecule has 0 saturated carbocycles. The van der Waals surface area contributed by atoms with Gasteiger partial charge in [0.15, 0.2) is 17.6 Å². The summed E-state index contributed by atoms with van der Waals surface area (Å²) in [4.78, 5) is 15.3. The van der Waals surface area contributed by atoms with Gasteiger partial charge in [-0.3, -0.25) is 4.57 Å². The largest absolute Gasteiger partial charge is 0.478 e. The third-order valence-electron chi connectivity index (χ3n) is 3.94. The highest BCUT2D eigenvalue weighted by molar-refractivity contribution is 6.07. The zero-order valence-electron chi connectivity index (χ0n) is 12.4. The maximum absolute atomic E-state index is 12.7. The van der Waals surface area contributed by atoms with Gasteiger partial charge in [0.05, 0.1) is 16.6 Å². The molecule has 0 saturated heterocycles. The molecule has 0 fully saturated rings. The molecule has 0 aliphatic heterocycles. The molecule has 0 radical (unpaired) electrons. The Balaban J connectivity index is 1.97. The molecule has 25 heavy (non-hydrogen) atoms. The third-order valence-corrected chi connectivity index (χ3v) is 3.94. The smallest absolute Gasteiger partial charge is 0.416 e. The Morgan fingerprint density at radius 3 is 2.48 bits per heavy atom. The lowest BCUT2D eigenvalue weighted by Crippen LogP contribution is -2.05. The van der Waals surface area contributed by atoms with E-state index in [1.807, 2.05) is 0 Å². The summed E-state index contributed by atoms with van der Waals surface area (Å²) in [6, 6.07) is 9.09. The molecule has 126 valence electrons. The molecule has 4 rings (SSSR count). The molecule has 4 aromatic rings. The summed E-state index contributed by atoms with van der Waals surface area (Å²) in [7, 11) is 0. The van der Waals surface area contributed by atoms with E-state index in [4.69, 9.17) is 9.52 Å². The Morgan fingerprint density at radius 1 is 1.12 bits per heavy atom. The van der Waals surface area contributed by atoms with Crippen molar-refractivity contribution in [3.8, 4) is 5.69 Å². The molecule has 2 aromatic heterocycles. The van der Waals surface area contributed by atoms with Crippen LogP contribution in [0.15, 0.2) is 53.3 Å². The molecule has 8 heteroatoms. The van der Waals surface area contributed by atoms with Gasteiger partial charge < -0.3 is 9.52 Å². The molecule has 2 aromatic carbocycles. The minimum atomic E-state index is -4.42. The van der Waals surface area contributed by atoms with E-state index in [0.717, 1.165) is 12.1 Å². The van der Waals surface area contributed by atoms with E-state index in [2.05, 4.69) is 4.98 Å². The predicted molar refractivity (Wildman–Crippen MR) is 82.8 cm³/mol. The van der Waals surface area contributed by atoms with Crippen molar-refractivity contribution in [1.82, 2.24) is 9.55 Å². The summed E-state index contributed by atoms with van der Waals surface area (Å²) in [5.74, 6) is -1.09. The van der Waals surface area contributed by atoms with Gasteiger partial charge >= 0.3 is 12.1 Å². The first-order chi connectivity index (χ1) is 11.9. The Hall–Kier alpha value is -3.29. The minimum Gasteiger partial charge on any atom is -0.478 e. The van der Waals surface area contributed by atoms with Gasteiger partial charge in [-0.25, -0.2) is 4.79 Å². The van der Waals surface area contributed by atoms with E-state index in [0.29, 0.717) is 27.8 Å². The predicted octanol–water partition coefficient (Wildman–Crippen LogP) is 4.49. The van der Waals surface area contributed by atoms with Crippen molar-refractivity contribution in [3.63, 3.8) is 0 Å². The molecular weight excluding hydrogens is 337 g/mol. The van der Waals surface area contributed by atoms with E-state index in [1.54, 1.807) is 10.6 Å². The Morgan fingerprint density at radius 2 is 1.84 bits per heavy atom. The summed E-state index contributed by atoms with van der Waals surface area (Å²) in [5.41, 5.74) is 1.15. The lowest BCUT2D eigenvalue weighted by atomic mass is 10.1. The van der Waals surface area contributed by atoms with Crippen molar-refractivity contribution in [1.29, 1.82) is 0 Å². The SMILES string of the molecule is O=C(O)c1ccc2c(c1)c1ocnc1n2-c1ccc(C(F)(F)F)cc1. The van der Waals surface area contributed by atoms with Crippen LogP contribution in [0.25, 0.3) is 27.8 Å². The molecule has 2 heterocycles. The number of halogens is 3. The first-order valence-corrected chi connectivity index (χ1v) is 7.15. The van der Waals surface area contributed by atoms with Crippen LogP contribution in [-0.2, 0) is 6.18 Å². The van der Waals surface area contributed by atoms with E-state index in [1.165, 1.54) is 30.7 Å². The van der Waals surface area contributed by atoms with Crippen molar-refractivity contribution in [2.75, 3.05) is 0 Å². The van der Waals surface area contributed by atoms with Gasteiger partial charge in [-0.2, -0.15) is 18.2 Å². The third kappa shape index (κ3) is 2.34. The molecule has 0 aliphatic carbocycles. The number of aromatic carboxylic acids is 1. The zero-order valence-corrected chi connectivity index (χ0v) is 12.4. The van der Waals surface area contributed by atoms with Crippen molar-refractivity contribution >= 4 is 28.1 Å². The number of carboxylic acids is 1. The van der Waals surface area contributed by atoms with Crippen LogP contribution in [0.2, 0.25) is 0 Å². The summed E-state index contributed by atoms with van der Waals surface area (Å²) < 4.78 is 45.2. The van der Waals surface area contributed by atoms with Crippen LogP contribution in [0.5, 0.6) is 0 Å². The average molecular weight is 346 g/mol. The fourth-order valence-corrected chi connectivity index (χ4v) is 2.80. The van der Waals surface area contributed by atoms with Gasteiger partial charge in [0.1, 0.15) is 0 Å². The summed E-state index contributed by atoms with van der Waals surface area (Å²) in [6.45, 7) is 0. The van der Waals surface area contributed by atoms with Crippen LogP contribution in [0.4, 0.5) is 13.2 Å². The second-order valence-corrected chi connectivity index (χ2v) is 5.42. The number of fused-ring (bicyclic) bond motifs is 3. The molecule has 1 N–H and O–H groups in total. The molecule has 0 atom stereocenters. The average Bonchev–Trinajstić information content (AvgIpc) is 3.14. The van der Waals surface area contributed by atoms with E-state index < -0.39 is 17.7 Å². The highest BCUT2D eigenvalue weighted by atomic mass is 19.4. The molecule has 0 aliphatic rings. The first-order valence-electron chi connectivity index (χ1n) is 7.15. The number of hydrogen-bond donors (Lipinski definition) is 1. The molecule has 0 amide bonds. The second kappa shape index (κ2) is 5.10. The quantitative estimate of drug-likeness (QED) is 0.581. The second-order valence-electron chi connectivity index (χ2n) is 5.42. The van der Waals surface area contributed by atoms with Gasteiger partial charge in [-0.1, -0.05) is 0 Å². The fourth-order valence-electron chi connectivity index (χ4n) is 2.80. The van der Waals surface area contributed by atoms with Crippen LogP contribution >= 0.6 is 0 Å². The van der Waals surface area contributed by atoms with Gasteiger partial charge in [0.2, 0.25) is 0 Å². The van der Waals surface area contributed by atoms with Crippen LogP contribution in [0.3, 0.4) is 0 Å². The molecule has 0 bridgehead atoms. The zero-order chi connectivity index (χ0) is 17.8. The summed E-state index contributed by atoms with van der Waals surface area (Å²) in [5, 5.41) is 9.66. The topological polar surface area (TPSA) is 68.3 Å². The number of oxazole rings is 1. The number of hydrogen-bond acceptors (Lipinski definition) is 3.